The average molecular weight is 253 g/mol. The van der Waals surface area contributed by atoms with Crippen molar-refractivity contribution in [1.29, 1.82) is 0 Å². The zero-order chi connectivity index (χ0) is 13.6. The standard InChI is InChI=1S/C17H19NO/c1-11-6-13(8-14(18)7-11)12-4-5-16-15(9-12)17(2,3)10-19-16/h4-9H,10,18H2,1-3H3. The molecular formula is C17H19NO. The molecule has 0 atom stereocenters. The summed E-state index contributed by atoms with van der Waals surface area (Å²) in [5.41, 5.74) is 11.7. The van der Waals surface area contributed by atoms with E-state index in [0.29, 0.717) is 0 Å². The van der Waals surface area contributed by atoms with Gasteiger partial charge in [-0.1, -0.05) is 26.0 Å². The minimum atomic E-state index is 0.0840. The van der Waals surface area contributed by atoms with Gasteiger partial charge in [0.1, 0.15) is 5.75 Å². The largest absolute Gasteiger partial charge is 0.492 e. The number of rotatable bonds is 1. The Hall–Kier alpha value is -1.96. The number of aryl methyl sites for hydroxylation is 1. The quantitative estimate of drug-likeness (QED) is 0.782. The fourth-order valence-corrected chi connectivity index (χ4v) is 2.68. The van der Waals surface area contributed by atoms with E-state index in [-0.39, 0.29) is 5.41 Å². The van der Waals surface area contributed by atoms with Gasteiger partial charge in [0.15, 0.2) is 0 Å². The van der Waals surface area contributed by atoms with E-state index in [1.165, 1.54) is 22.3 Å². The van der Waals surface area contributed by atoms with Gasteiger partial charge in [-0.25, -0.2) is 0 Å². The van der Waals surface area contributed by atoms with Gasteiger partial charge in [0.25, 0.3) is 0 Å². The summed E-state index contributed by atoms with van der Waals surface area (Å²) >= 11 is 0. The first-order valence-corrected chi connectivity index (χ1v) is 6.61. The van der Waals surface area contributed by atoms with Gasteiger partial charge in [-0.2, -0.15) is 0 Å². The van der Waals surface area contributed by atoms with Crippen molar-refractivity contribution in [1.82, 2.24) is 0 Å². The number of ether oxygens (including phenoxy) is 1. The molecule has 0 saturated heterocycles. The Morgan fingerprint density at radius 2 is 1.84 bits per heavy atom. The third kappa shape index (κ3) is 2.07. The average Bonchev–Trinajstić information content (AvgIpc) is 2.64. The summed E-state index contributed by atoms with van der Waals surface area (Å²) < 4.78 is 5.73. The van der Waals surface area contributed by atoms with E-state index in [1.54, 1.807) is 0 Å². The minimum Gasteiger partial charge on any atom is -0.492 e. The molecule has 0 bridgehead atoms. The molecule has 0 aliphatic carbocycles. The Bertz CT molecular complexity index is 623. The first kappa shape index (κ1) is 12.1. The van der Waals surface area contributed by atoms with Crippen LogP contribution in [-0.4, -0.2) is 6.61 Å². The zero-order valence-electron chi connectivity index (χ0n) is 11.7. The minimum absolute atomic E-state index is 0.0840. The second kappa shape index (κ2) is 4.02. The van der Waals surface area contributed by atoms with Crippen molar-refractivity contribution in [2.45, 2.75) is 26.2 Å². The molecular weight excluding hydrogens is 234 g/mol. The smallest absolute Gasteiger partial charge is 0.123 e. The lowest BCUT2D eigenvalue weighted by Gasteiger charge is -2.16. The molecule has 2 nitrogen and oxygen atoms in total. The van der Waals surface area contributed by atoms with E-state index in [9.17, 15) is 0 Å². The summed E-state index contributed by atoms with van der Waals surface area (Å²) in [4.78, 5) is 0. The van der Waals surface area contributed by atoms with Gasteiger partial charge < -0.3 is 10.5 Å². The van der Waals surface area contributed by atoms with Crippen LogP contribution in [0.25, 0.3) is 11.1 Å². The Morgan fingerprint density at radius 3 is 2.58 bits per heavy atom. The molecule has 2 aromatic carbocycles. The monoisotopic (exact) mass is 253 g/mol. The van der Waals surface area contributed by atoms with Crippen LogP contribution >= 0.6 is 0 Å². The maximum atomic E-state index is 5.94. The summed E-state index contributed by atoms with van der Waals surface area (Å²) in [7, 11) is 0. The number of nitrogen functional groups attached to an aromatic ring is 1. The molecule has 0 aromatic heterocycles. The van der Waals surface area contributed by atoms with Crippen molar-refractivity contribution in [2.75, 3.05) is 12.3 Å². The predicted octanol–water partition coefficient (Wildman–Crippen LogP) is 3.91. The fraction of sp³-hybridized carbons (Fsp3) is 0.294. The second-order valence-corrected chi connectivity index (χ2v) is 6.02. The van der Waals surface area contributed by atoms with Gasteiger partial charge >= 0.3 is 0 Å². The van der Waals surface area contributed by atoms with Crippen LogP contribution in [0.3, 0.4) is 0 Å². The normalized spacial score (nSPS) is 15.9. The number of benzene rings is 2. The molecule has 3 rings (SSSR count). The van der Waals surface area contributed by atoms with Crippen LogP contribution in [-0.2, 0) is 5.41 Å². The van der Waals surface area contributed by atoms with Gasteiger partial charge in [0, 0.05) is 16.7 Å². The third-order valence-electron chi connectivity index (χ3n) is 3.73. The number of hydrogen-bond acceptors (Lipinski definition) is 2. The van der Waals surface area contributed by atoms with Crippen molar-refractivity contribution in [3.8, 4) is 16.9 Å². The van der Waals surface area contributed by atoms with Crippen molar-refractivity contribution >= 4 is 5.69 Å². The van der Waals surface area contributed by atoms with E-state index in [0.717, 1.165) is 18.0 Å². The van der Waals surface area contributed by atoms with Crippen LogP contribution in [0.4, 0.5) is 5.69 Å². The van der Waals surface area contributed by atoms with Crippen LogP contribution in [0.2, 0.25) is 0 Å². The van der Waals surface area contributed by atoms with E-state index >= 15 is 0 Å². The Kier molecular flexibility index (Phi) is 2.56. The number of nitrogens with two attached hydrogens (primary N) is 1. The maximum Gasteiger partial charge on any atom is 0.123 e. The Morgan fingerprint density at radius 1 is 1.05 bits per heavy atom. The lowest BCUT2D eigenvalue weighted by molar-refractivity contribution is 0.291. The first-order valence-electron chi connectivity index (χ1n) is 6.61. The maximum absolute atomic E-state index is 5.94. The molecule has 0 saturated carbocycles. The molecule has 1 aliphatic heterocycles. The highest BCUT2D eigenvalue weighted by Crippen LogP contribution is 2.40. The lowest BCUT2D eigenvalue weighted by atomic mass is 9.85. The molecule has 0 amide bonds. The molecule has 19 heavy (non-hydrogen) atoms. The molecule has 0 fully saturated rings. The Labute approximate surface area is 114 Å². The molecule has 98 valence electrons. The van der Waals surface area contributed by atoms with Gasteiger partial charge in [0.05, 0.1) is 6.61 Å². The summed E-state index contributed by atoms with van der Waals surface area (Å²) in [6, 6.07) is 12.6. The van der Waals surface area contributed by atoms with Gasteiger partial charge in [-0.3, -0.25) is 0 Å². The highest BCUT2D eigenvalue weighted by molar-refractivity contribution is 5.70. The summed E-state index contributed by atoms with van der Waals surface area (Å²) in [6.45, 7) is 7.25. The van der Waals surface area contributed by atoms with E-state index in [2.05, 4.69) is 45.0 Å². The highest BCUT2D eigenvalue weighted by Gasteiger charge is 2.31. The van der Waals surface area contributed by atoms with Crippen LogP contribution in [0, 0.1) is 6.92 Å². The zero-order valence-corrected chi connectivity index (χ0v) is 11.7. The van der Waals surface area contributed by atoms with E-state index in [4.69, 9.17) is 10.5 Å². The number of fused-ring (bicyclic) bond motifs is 1. The highest BCUT2D eigenvalue weighted by atomic mass is 16.5. The molecule has 1 heterocycles. The van der Waals surface area contributed by atoms with Gasteiger partial charge in [-0.05, 0) is 47.9 Å². The van der Waals surface area contributed by atoms with Gasteiger partial charge in [-0.15, -0.1) is 0 Å². The lowest BCUT2D eigenvalue weighted by Crippen LogP contribution is -2.18. The second-order valence-electron chi connectivity index (χ2n) is 6.02. The van der Waals surface area contributed by atoms with Crippen molar-refractivity contribution in [3.05, 3.63) is 47.5 Å². The molecule has 2 aromatic rings. The summed E-state index contributed by atoms with van der Waals surface area (Å²) in [6.07, 6.45) is 0. The van der Waals surface area contributed by atoms with Crippen LogP contribution in [0.5, 0.6) is 5.75 Å². The summed E-state index contributed by atoms with van der Waals surface area (Å²) in [5.74, 6) is 1.01. The van der Waals surface area contributed by atoms with E-state index in [1.807, 2.05) is 12.1 Å². The van der Waals surface area contributed by atoms with Crippen molar-refractivity contribution < 1.29 is 4.74 Å². The summed E-state index contributed by atoms with van der Waals surface area (Å²) in [5, 5.41) is 0. The van der Waals surface area contributed by atoms with Crippen molar-refractivity contribution in [2.24, 2.45) is 0 Å². The molecule has 0 unspecified atom stereocenters. The molecule has 0 spiro atoms. The number of hydrogen-bond donors (Lipinski definition) is 1. The SMILES string of the molecule is Cc1cc(N)cc(-c2ccc3c(c2)C(C)(C)CO3)c1. The first-order chi connectivity index (χ1) is 8.95. The molecule has 2 N–H and O–H groups in total. The topological polar surface area (TPSA) is 35.2 Å². The molecule has 0 radical (unpaired) electrons. The number of anilines is 1. The Balaban J connectivity index is 2.12. The predicted molar refractivity (Wildman–Crippen MR) is 79.5 cm³/mol. The van der Waals surface area contributed by atoms with Crippen LogP contribution in [0.15, 0.2) is 36.4 Å². The van der Waals surface area contributed by atoms with Crippen LogP contribution < -0.4 is 10.5 Å². The molecule has 2 heteroatoms. The molecule has 1 aliphatic rings. The van der Waals surface area contributed by atoms with Crippen molar-refractivity contribution in [3.63, 3.8) is 0 Å². The van der Waals surface area contributed by atoms with E-state index < -0.39 is 0 Å². The third-order valence-corrected chi connectivity index (χ3v) is 3.73. The van der Waals surface area contributed by atoms with Crippen LogP contribution in [0.1, 0.15) is 25.0 Å². The van der Waals surface area contributed by atoms with Gasteiger partial charge in [0.2, 0.25) is 0 Å². The fourth-order valence-electron chi connectivity index (χ4n) is 2.68.